The molecule has 0 amide bonds. The summed E-state index contributed by atoms with van der Waals surface area (Å²) >= 11 is 0. The second-order valence-corrected chi connectivity index (χ2v) is 0.471. The molecule has 0 unspecified atom stereocenters. The molecule has 0 N–H and O–H groups in total. The summed E-state index contributed by atoms with van der Waals surface area (Å²) in [5.41, 5.74) is 0. The molecule has 0 aliphatic carbocycles. The molecular formula is C3H7OY5-. The van der Waals surface area contributed by atoms with Gasteiger partial charge in [-0.1, -0.05) is 0 Å². The molecule has 9 heavy (non-hydrogen) atoms. The minimum Gasteiger partial charge on any atom is -0.555 e. The van der Waals surface area contributed by atoms with Crippen molar-refractivity contribution < 1.29 is 168 Å². The van der Waals surface area contributed by atoms with Crippen molar-refractivity contribution in [2.75, 3.05) is 7.11 Å². The van der Waals surface area contributed by atoms with Gasteiger partial charge < -0.3 is 4.74 Å². The van der Waals surface area contributed by atoms with E-state index in [4.69, 9.17) is 0 Å². The van der Waals surface area contributed by atoms with Gasteiger partial charge in [0.15, 0.2) is 0 Å². The number of hydrogen-bond acceptors (Lipinski definition) is 1. The van der Waals surface area contributed by atoms with Gasteiger partial charge in [-0.05, 0) is 7.11 Å². The average molecular weight is 504 g/mol. The van der Waals surface area contributed by atoms with Crippen molar-refractivity contribution in [2.45, 2.75) is 6.92 Å². The molecule has 0 heterocycles. The molecule has 0 aliphatic rings. The molecule has 0 fully saturated rings. The van der Waals surface area contributed by atoms with Crippen LogP contribution in [0.1, 0.15) is 6.92 Å². The van der Waals surface area contributed by atoms with Gasteiger partial charge in [0.1, 0.15) is 0 Å². The first-order valence-electron chi connectivity index (χ1n) is 1.22. The van der Waals surface area contributed by atoms with E-state index in [1.165, 1.54) is 0 Å². The topological polar surface area (TPSA) is 9.23 Å². The van der Waals surface area contributed by atoms with Gasteiger partial charge in [-0.15, -0.1) is 0 Å². The molecule has 0 saturated heterocycles. The monoisotopic (exact) mass is 504 g/mol. The van der Waals surface area contributed by atoms with Gasteiger partial charge in [-0.2, -0.15) is 6.92 Å². The SMILES string of the molecule is C[CH-]OC.[Y].[Y].[Y].[Y].[Y]. The number of hydrogen-bond donors (Lipinski definition) is 0. The molecular weight excluding hydrogens is 497 g/mol. The maximum atomic E-state index is 4.42. The van der Waals surface area contributed by atoms with E-state index in [2.05, 4.69) is 4.74 Å². The third-order valence-electron chi connectivity index (χ3n) is 0.236. The molecule has 41 valence electrons. The van der Waals surface area contributed by atoms with Crippen molar-refractivity contribution in [3.63, 3.8) is 0 Å². The zero-order chi connectivity index (χ0) is 3.41. The number of methoxy groups -OCH3 is 1. The molecule has 0 aromatic carbocycles. The van der Waals surface area contributed by atoms with Crippen LogP contribution in [0.5, 0.6) is 0 Å². The fourth-order valence-electron chi connectivity index (χ4n) is 0. The Balaban J connectivity index is -0.00000000450. The van der Waals surface area contributed by atoms with Crippen molar-refractivity contribution in [3.05, 3.63) is 6.61 Å². The largest absolute Gasteiger partial charge is 0.555 e. The Kier molecular flexibility index (Phi) is 153. The molecule has 0 spiro atoms. The molecule has 0 aromatic heterocycles. The van der Waals surface area contributed by atoms with Crippen LogP contribution in [0.2, 0.25) is 0 Å². The van der Waals surface area contributed by atoms with E-state index in [-0.39, 0.29) is 164 Å². The van der Waals surface area contributed by atoms with E-state index in [1.54, 1.807) is 13.7 Å². The second kappa shape index (κ2) is 37.5. The molecule has 5 radical (unpaired) electrons. The van der Waals surface area contributed by atoms with Crippen LogP contribution in [0.3, 0.4) is 0 Å². The molecule has 0 aliphatic heterocycles. The quantitative estimate of drug-likeness (QED) is 0.482. The maximum absolute atomic E-state index is 4.42. The Morgan fingerprint density at radius 1 is 0.889 bits per heavy atom. The Bertz CT molecular complexity index is 14.2. The summed E-state index contributed by atoms with van der Waals surface area (Å²) in [6.07, 6.45) is 0. The van der Waals surface area contributed by atoms with Gasteiger partial charge in [-0.25, -0.2) is 6.61 Å². The van der Waals surface area contributed by atoms with Crippen LogP contribution in [0.25, 0.3) is 0 Å². The molecule has 0 rings (SSSR count). The van der Waals surface area contributed by atoms with E-state index < -0.39 is 0 Å². The molecule has 0 bridgehead atoms. The van der Waals surface area contributed by atoms with Gasteiger partial charge in [0.25, 0.3) is 0 Å². The van der Waals surface area contributed by atoms with Gasteiger partial charge in [-0.3, -0.25) is 0 Å². The first-order valence-corrected chi connectivity index (χ1v) is 1.22. The molecule has 6 heteroatoms. The van der Waals surface area contributed by atoms with Gasteiger partial charge in [0, 0.05) is 164 Å². The third kappa shape index (κ3) is 42.3. The fourth-order valence-corrected chi connectivity index (χ4v) is 0. The summed E-state index contributed by atoms with van der Waals surface area (Å²) in [7, 11) is 1.62. The second-order valence-electron chi connectivity index (χ2n) is 0.471. The summed E-state index contributed by atoms with van der Waals surface area (Å²) in [6.45, 7) is 3.46. The minimum absolute atomic E-state index is 0. The van der Waals surface area contributed by atoms with E-state index in [9.17, 15) is 0 Å². The Hall–Kier alpha value is 5.48. The van der Waals surface area contributed by atoms with Crippen LogP contribution < -0.4 is 0 Å². The van der Waals surface area contributed by atoms with E-state index >= 15 is 0 Å². The van der Waals surface area contributed by atoms with Crippen molar-refractivity contribution in [1.29, 1.82) is 0 Å². The third-order valence-corrected chi connectivity index (χ3v) is 0.236. The van der Waals surface area contributed by atoms with Gasteiger partial charge in [0.05, 0.1) is 0 Å². The van der Waals surface area contributed by atoms with Crippen LogP contribution in [0.4, 0.5) is 0 Å². The van der Waals surface area contributed by atoms with Crippen LogP contribution in [0.15, 0.2) is 0 Å². The van der Waals surface area contributed by atoms with Crippen molar-refractivity contribution in [2.24, 2.45) is 0 Å². The smallest absolute Gasteiger partial charge is 0 e. The summed E-state index contributed by atoms with van der Waals surface area (Å²) in [4.78, 5) is 0. The first kappa shape index (κ1) is 36.6. The summed E-state index contributed by atoms with van der Waals surface area (Å²) in [5.74, 6) is 0. The molecule has 0 atom stereocenters. The van der Waals surface area contributed by atoms with Crippen molar-refractivity contribution in [3.8, 4) is 0 Å². The average Bonchev–Trinajstić information content (AvgIpc) is 1.37. The zero-order valence-electron chi connectivity index (χ0n) is 5.87. The van der Waals surface area contributed by atoms with Crippen molar-refractivity contribution >= 4 is 0 Å². The van der Waals surface area contributed by atoms with E-state index in [0.717, 1.165) is 0 Å². The van der Waals surface area contributed by atoms with Crippen molar-refractivity contribution in [1.82, 2.24) is 0 Å². The summed E-state index contributed by atoms with van der Waals surface area (Å²) in [5, 5.41) is 0. The first-order chi connectivity index (χ1) is 1.91. The summed E-state index contributed by atoms with van der Waals surface area (Å²) in [6, 6.07) is 0. The standard InChI is InChI=1S/C3H7O.5Y/c1-3-4-2;;;;;/h3H,1-2H3;;;;;/q-1;;;;;. The van der Waals surface area contributed by atoms with Crippen LogP contribution in [-0.2, 0) is 168 Å². The van der Waals surface area contributed by atoms with Gasteiger partial charge in [0.2, 0.25) is 0 Å². The minimum atomic E-state index is 0. The van der Waals surface area contributed by atoms with Crippen LogP contribution in [-0.4, -0.2) is 7.11 Å². The Morgan fingerprint density at radius 2 is 1.00 bits per heavy atom. The summed E-state index contributed by atoms with van der Waals surface area (Å²) < 4.78 is 4.42. The predicted octanol–water partition coefficient (Wildman–Crippen LogP) is 0.802. The molecule has 1 nitrogen and oxygen atoms in total. The fraction of sp³-hybridized carbons (Fsp3) is 0.667. The maximum Gasteiger partial charge on any atom is 0 e. The van der Waals surface area contributed by atoms with E-state index in [0.29, 0.717) is 0 Å². The Morgan fingerprint density at radius 3 is 1.00 bits per heavy atom. The normalized spacial score (nSPS) is 3.33. The predicted molar refractivity (Wildman–Crippen MR) is 17.0 cm³/mol. The van der Waals surface area contributed by atoms with Gasteiger partial charge >= 0.3 is 0 Å². The van der Waals surface area contributed by atoms with Crippen LogP contribution in [0, 0.1) is 6.61 Å². The number of rotatable bonds is 1. The number of ether oxygens (including phenoxy) is 1. The zero-order valence-corrected chi connectivity index (χ0v) is 20.1. The van der Waals surface area contributed by atoms with E-state index in [1.807, 2.05) is 6.92 Å². The molecule has 0 saturated carbocycles. The Labute approximate surface area is 184 Å². The van der Waals surface area contributed by atoms with Crippen LogP contribution >= 0.6 is 0 Å². The molecule has 0 aromatic rings.